The van der Waals surface area contributed by atoms with Crippen LogP contribution in [0.4, 0.5) is 5.69 Å². The first kappa shape index (κ1) is 24.4. The van der Waals surface area contributed by atoms with Crippen molar-refractivity contribution in [1.82, 2.24) is 4.98 Å². The van der Waals surface area contributed by atoms with Crippen molar-refractivity contribution in [2.24, 2.45) is 0 Å². The van der Waals surface area contributed by atoms with Crippen molar-refractivity contribution in [3.05, 3.63) is 53.3 Å². The molecule has 5 heteroatoms. The van der Waals surface area contributed by atoms with Crippen LogP contribution in [0, 0.1) is 0 Å². The molecule has 0 amide bonds. The molecule has 1 aliphatic carbocycles. The molecule has 1 aromatic carbocycles. The van der Waals surface area contributed by atoms with Gasteiger partial charge in [0.1, 0.15) is 5.75 Å². The minimum Gasteiger partial charge on any atom is -0.497 e. The van der Waals surface area contributed by atoms with E-state index in [4.69, 9.17) is 9.84 Å². The van der Waals surface area contributed by atoms with Crippen molar-refractivity contribution in [3.8, 4) is 5.75 Å². The molecule has 0 bridgehead atoms. The van der Waals surface area contributed by atoms with E-state index in [0.717, 1.165) is 5.75 Å². The normalized spacial score (nSPS) is 11.0. The van der Waals surface area contributed by atoms with E-state index in [0.29, 0.717) is 5.69 Å². The number of aryl methyl sites for hydroxylation is 2. The van der Waals surface area contributed by atoms with Crippen molar-refractivity contribution in [2.75, 3.05) is 19.5 Å². The van der Waals surface area contributed by atoms with E-state index in [1.165, 1.54) is 55.3 Å². The predicted octanol–water partition coefficient (Wildman–Crippen LogP) is 5.45. The number of nitrogens with zero attached hydrogens (tertiary/aromatic N) is 1. The molecule has 0 unspecified atom stereocenters. The molecule has 0 aliphatic heterocycles. The van der Waals surface area contributed by atoms with Crippen LogP contribution in [0.25, 0.3) is 0 Å². The Kier molecular flexibility index (Phi) is 13.2. The SMILES string of the molecule is CC.CC.CNc1cnccc1C(=O)O.COc1ccc2c(c1)CCCC2. The molecule has 1 aliphatic rings. The summed E-state index contributed by atoms with van der Waals surface area (Å²) in [7, 11) is 3.38. The summed E-state index contributed by atoms with van der Waals surface area (Å²) >= 11 is 0. The number of aromatic carboxylic acids is 1. The quantitative estimate of drug-likeness (QED) is 0.747. The van der Waals surface area contributed by atoms with Crippen LogP contribution >= 0.6 is 0 Å². The van der Waals surface area contributed by atoms with Crippen LogP contribution in [-0.4, -0.2) is 30.2 Å². The number of carbonyl (C=O) groups is 1. The maximum Gasteiger partial charge on any atom is 0.337 e. The zero-order chi connectivity index (χ0) is 20.7. The number of nitrogens with one attached hydrogen (secondary N) is 1. The van der Waals surface area contributed by atoms with E-state index < -0.39 is 5.97 Å². The first-order chi connectivity index (χ1) is 13.2. The molecule has 0 spiro atoms. The highest BCUT2D eigenvalue weighted by Gasteiger charge is 2.09. The Morgan fingerprint density at radius 1 is 1.07 bits per heavy atom. The molecule has 150 valence electrons. The summed E-state index contributed by atoms with van der Waals surface area (Å²) in [6, 6.07) is 7.89. The lowest BCUT2D eigenvalue weighted by atomic mass is 9.92. The number of aromatic nitrogens is 1. The summed E-state index contributed by atoms with van der Waals surface area (Å²) in [6.07, 6.45) is 8.08. The van der Waals surface area contributed by atoms with Crippen LogP contribution in [-0.2, 0) is 12.8 Å². The van der Waals surface area contributed by atoms with Crippen LogP contribution in [0.1, 0.15) is 62.0 Å². The molecule has 3 rings (SSSR count). The first-order valence-electron chi connectivity index (χ1n) is 9.66. The third-order valence-corrected chi connectivity index (χ3v) is 3.88. The van der Waals surface area contributed by atoms with Gasteiger partial charge in [0.15, 0.2) is 0 Å². The molecule has 0 atom stereocenters. The van der Waals surface area contributed by atoms with Crippen LogP contribution in [0.5, 0.6) is 5.75 Å². The lowest BCUT2D eigenvalue weighted by molar-refractivity contribution is 0.0698. The molecule has 0 saturated carbocycles. The van der Waals surface area contributed by atoms with E-state index in [9.17, 15) is 4.79 Å². The molecule has 1 heterocycles. The molecule has 0 radical (unpaired) electrons. The van der Waals surface area contributed by atoms with Gasteiger partial charge in [-0.1, -0.05) is 33.8 Å². The Hall–Kier alpha value is -2.56. The smallest absolute Gasteiger partial charge is 0.337 e. The average Bonchev–Trinajstić information content (AvgIpc) is 2.76. The molecular weight excluding hydrogens is 340 g/mol. The van der Waals surface area contributed by atoms with Crippen LogP contribution in [0.3, 0.4) is 0 Å². The number of hydrogen-bond acceptors (Lipinski definition) is 4. The number of rotatable bonds is 3. The number of ether oxygens (including phenoxy) is 1. The summed E-state index contributed by atoms with van der Waals surface area (Å²) in [4.78, 5) is 14.3. The minimum atomic E-state index is -0.947. The van der Waals surface area contributed by atoms with Gasteiger partial charge >= 0.3 is 5.97 Å². The summed E-state index contributed by atoms with van der Waals surface area (Å²) in [5, 5.41) is 11.4. The number of methoxy groups -OCH3 is 1. The highest BCUT2D eigenvalue weighted by molar-refractivity contribution is 5.93. The number of anilines is 1. The largest absolute Gasteiger partial charge is 0.497 e. The van der Waals surface area contributed by atoms with Crippen LogP contribution in [0.15, 0.2) is 36.7 Å². The van der Waals surface area contributed by atoms with Gasteiger partial charge in [0.05, 0.1) is 24.6 Å². The Balaban J connectivity index is 0.000000425. The Labute approximate surface area is 163 Å². The molecule has 0 saturated heterocycles. The fraction of sp³-hybridized carbons (Fsp3) is 0.455. The van der Waals surface area contributed by atoms with Gasteiger partial charge in [0.2, 0.25) is 0 Å². The van der Waals surface area contributed by atoms with Gasteiger partial charge in [0.25, 0.3) is 0 Å². The topological polar surface area (TPSA) is 71.5 Å². The van der Waals surface area contributed by atoms with Gasteiger partial charge in [-0.25, -0.2) is 4.79 Å². The second kappa shape index (κ2) is 14.6. The molecule has 1 aromatic heterocycles. The summed E-state index contributed by atoms with van der Waals surface area (Å²) < 4.78 is 5.18. The highest BCUT2D eigenvalue weighted by Crippen LogP contribution is 2.24. The lowest BCUT2D eigenvalue weighted by Crippen LogP contribution is -2.02. The van der Waals surface area contributed by atoms with E-state index in [1.54, 1.807) is 14.2 Å². The number of hydrogen-bond donors (Lipinski definition) is 2. The fourth-order valence-electron chi connectivity index (χ4n) is 2.62. The van der Waals surface area contributed by atoms with Gasteiger partial charge < -0.3 is 15.2 Å². The standard InChI is InChI=1S/C11H14O.C7H8N2O2.2C2H6/c1-12-11-7-6-9-4-2-3-5-10(9)8-11;1-8-6-4-9-3-2-5(6)7(10)11;2*1-2/h6-8H,2-5H2,1H3;2-4,8H,1H3,(H,10,11);2*1-2H3. The summed E-state index contributed by atoms with van der Waals surface area (Å²) in [5.41, 5.74) is 3.77. The van der Waals surface area contributed by atoms with Crippen molar-refractivity contribution in [2.45, 2.75) is 53.4 Å². The Morgan fingerprint density at radius 3 is 2.22 bits per heavy atom. The van der Waals surface area contributed by atoms with Gasteiger partial charge in [-0.05, 0) is 55.0 Å². The third-order valence-electron chi connectivity index (χ3n) is 3.88. The first-order valence-corrected chi connectivity index (χ1v) is 9.66. The van der Waals surface area contributed by atoms with Gasteiger partial charge in [-0.2, -0.15) is 0 Å². The minimum absolute atomic E-state index is 0.238. The lowest BCUT2D eigenvalue weighted by Gasteiger charge is -2.15. The van der Waals surface area contributed by atoms with Gasteiger partial charge in [0, 0.05) is 13.2 Å². The zero-order valence-corrected chi connectivity index (χ0v) is 17.5. The second-order valence-corrected chi connectivity index (χ2v) is 5.32. The van der Waals surface area contributed by atoms with Crippen molar-refractivity contribution >= 4 is 11.7 Å². The van der Waals surface area contributed by atoms with E-state index in [1.807, 2.05) is 27.7 Å². The Morgan fingerprint density at radius 2 is 1.70 bits per heavy atom. The molecule has 27 heavy (non-hydrogen) atoms. The van der Waals surface area contributed by atoms with Crippen molar-refractivity contribution in [1.29, 1.82) is 0 Å². The summed E-state index contributed by atoms with van der Waals surface area (Å²) in [6.45, 7) is 8.00. The highest BCUT2D eigenvalue weighted by atomic mass is 16.5. The van der Waals surface area contributed by atoms with Crippen molar-refractivity contribution < 1.29 is 14.6 Å². The van der Waals surface area contributed by atoms with Gasteiger partial charge in [-0.3, -0.25) is 4.98 Å². The van der Waals surface area contributed by atoms with E-state index in [-0.39, 0.29) is 5.56 Å². The maximum absolute atomic E-state index is 10.5. The predicted molar refractivity (Wildman–Crippen MR) is 113 cm³/mol. The average molecular weight is 375 g/mol. The molecule has 0 fully saturated rings. The van der Waals surface area contributed by atoms with Gasteiger partial charge in [-0.15, -0.1) is 0 Å². The van der Waals surface area contributed by atoms with Crippen LogP contribution < -0.4 is 10.1 Å². The third kappa shape index (κ3) is 8.11. The fourth-order valence-corrected chi connectivity index (χ4v) is 2.62. The number of benzene rings is 1. The maximum atomic E-state index is 10.5. The number of carboxylic acid groups (broad SMARTS) is 1. The summed E-state index contributed by atoms with van der Waals surface area (Å²) in [5.74, 6) is 0.0485. The zero-order valence-electron chi connectivity index (χ0n) is 17.5. The molecular formula is C22H34N2O3. The Bertz CT molecular complexity index is 672. The van der Waals surface area contributed by atoms with E-state index >= 15 is 0 Å². The van der Waals surface area contributed by atoms with Crippen LogP contribution in [0.2, 0.25) is 0 Å². The number of pyridine rings is 1. The van der Waals surface area contributed by atoms with Crippen molar-refractivity contribution in [3.63, 3.8) is 0 Å². The molecule has 2 N–H and O–H groups in total. The monoisotopic (exact) mass is 374 g/mol. The second-order valence-electron chi connectivity index (χ2n) is 5.32. The van der Waals surface area contributed by atoms with E-state index in [2.05, 4.69) is 28.5 Å². The number of fused-ring (bicyclic) bond motifs is 1. The number of carboxylic acids is 1. The molecule has 2 aromatic rings. The molecule has 5 nitrogen and oxygen atoms in total.